The standard InChI is InChI=1S/C15H20O/c1-5-6-7-8-15(16)14-10-12(3)11(2)9-13(14)4/h1,9-10,15-16H,6-8H2,2-4H3. The van der Waals surface area contributed by atoms with Gasteiger partial charge in [-0.05, 0) is 55.9 Å². The van der Waals surface area contributed by atoms with Crippen molar-refractivity contribution in [2.75, 3.05) is 0 Å². The second-order valence-electron chi connectivity index (χ2n) is 4.41. The maximum absolute atomic E-state index is 10.1. The third kappa shape index (κ3) is 3.12. The monoisotopic (exact) mass is 216 g/mol. The highest BCUT2D eigenvalue weighted by Gasteiger charge is 2.11. The summed E-state index contributed by atoms with van der Waals surface area (Å²) in [6.45, 7) is 6.22. The molecule has 1 unspecified atom stereocenters. The van der Waals surface area contributed by atoms with Gasteiger partial charge in [-0.1, -0.05) is 12.1 Å². The minimum Gasteiger partial charge on any atom is -0.388 e. The molecule has 0 fully saturated rings. The van der Waals surface area contributed by atoms with Gasteiger partial charge in [0, 0.05) is 6.42 Å². The van der Waals surface area contributed by atoms with Crippen molar-refractivity contribution >= 4 is 0 Å². The summed E-state index contributed by atoms with van der Waals surface area (Å²) in [5.74, 6) is 2.60. The van der Waals surface area contributed by atoms with Crippen LogP contribution in [0.5, 0.6) is 0 Å². The van der Waals surface area contributed by atoms with Crippen LogP contribution in [0.15, 0.2) is 12.1 Å². The molecule has 0 saturated heterocycles. The van der Waals surface area contributed by atoms with E-state index < -0.39 is 0 Å². The highest BCUT2D eigenvalue weighted by atomic mass is 16.3. The molecule has 0 spiro atoms. The summed E-state index contributed by atoms with van der Waals surface area (Å²) in [7, 11) is 0. The Kier molecular flexibility index (Phi) is 4.58. The van der Waals surface area contributed by atoms with Crippen molar-refractivity contribution in [3.8, 4) is 12.3 Å². The molecule has 0 aliphatic rings. The van der Waals surface area contributed by atoms with Crippen molar-refractivity contribution in [2.24, 2.45) is 0 Å². The van der Waals surface area contributed by atoms with E-state index in [1.165, 1.54) is 11.1 Å². The van der Waals surface area contributed by atoms with E-state index in [-0.39, 0.29) is 6.10 Å². The Balaban J connectivity index is 2.79. The first-order chi connectivity index (χ1) is 7.56. The maximum atomic E-state index is 10.1. The zero-order valence-corrected chi connectivity index (χ0v) is 10.4. The summed E-state index contributed by atoms with van der Waals surface area (Å²) in [6.07, 6.45) is 7.17. The van der Waals surface area contributed by atoms with Crippen LogP contribution in [-0.2, 0) is 0 Å². The van der Waals surface area contributed by atoms with Crippen LogP contribution >= 0.6 is 0 Å². The molecule has 0 aromatic heterocycles. The van der Waals surface area contributed by atoms with Gasteiger partial charge in [0.15, 0.2) is 0 Å². The first-order valence-corrected chi connectivity index (χ1v) is 5.75. The van der Waals surface area contributed by atoms with Gasteiger partial charge in [0.2, 0.25) is 0 Å². The van der Waals surface area contributed by atoms with Gasteiger partial charge in [-0.2, -0.15) is 0 Å². The van der Waals surface area contributed by atoms with Gasteiger partial charge in [-0.25, -0.2) is 0 Å². The first kappa shape index (κ1) is 12.8. The molecule has 1 aromatic carbocycles. The van der Waals surface area contributed by atoms with Crippen LogP contribution in [-0.4, -0.2) is 5.11 Å². The third-order valence-electron chi connectivity index (χ3n) is 3.04. The lowest BCUT2D eigenvalue weighted by molar-refractivity contribution is 0.164. The second kappa shape index (κ2) is 5.72. The molecule has 1 atom stereocenters. The molecule has 1 rings (SSSR count). The lowest BCUT2D eigenvalue weighted by Gasteiger charge is -2.15. The van der Waals surface area contributed by atoms with E-state index in [1.54, 1.807) is 0 Å². The molecule has 1 nitrogen and oxygen atoms in total. The number of unbranched alkanes of at least 4 members (excludes halogenated alkanes) is 1. The van der Waals surface area contributed by atoms with Gasteiger partial charge in [0.05, 0.1) is 6.10 Å². The van der Waals surface area contributed by atoms with Crippen molar-refractivity contribution in [3.63, 3.8) is 0 Å². The number of hydrogen-bond donors (Lipinski definition) is 1. The highest BCUT2D eigenvalue weighted by molar-refractivity contribution is 5.37. The van der Waals surface area contributed by atoms with E-state index in [9.17, 15) is 5.11 Å². The average molecular weight is 216 g/mol. The van der Waals surface area contributed by atoms with Gasteiger partial charge in [-0.15, -0.1) is 12.3 Å². The van der Waals surface area contributed by atoms with Crippen molar-refractivity contribution in [2.45, 2.75) is 46.1 Å². The van der Waals surface area contributed by atoms with Gasteiger partial charge in [0.25, 0.3) is 0 Å². The molecule has 0 aliphatic carbocycles. The second-order valence-corrected chi connectivity index (χ2v) is 4.41. The van der Waals surface area contributed by atoms with E-state index in [4.69, 9.17) is 6.42 Å². The molecular formula is C15H20O. The molecule has 16 heavy (non-hydrogen) atoms. The fourth-order valence-corrected chi connectivity index (χ4v) is 1.89. The molecule has 0 bridgehead atoms. The summed E-state index contributed by atoms with van der Waals surface area (Å²) in [5.41, 5.74) is 4.71. The molecule has 86 valence electrons. The normalized spacial score (nSPS) is 12.2. The van der Waals surface area contributed by atoms with E-state index in [2.05, 4.69) is 31.9 Å². The highest BCUT2D eigenvalue weighted by Crippen LogP contribution is 2.25. The van der Waals surface area contributed by atoms with E-state index in [0.29, 0.717) is 0 Å². The average Bonchev–Trinajstić information content (AvgIpc) is 2.23. The molecular weight excluding hydrogens is 196 g/mol. The Morgan fingerprint density at radius 3 is 2.44 bits per heavy atom. The number of aryl methyl sites for hydroxylation is 3. The predicted molar refractivity (Wildman–Crippen MR) is 68.3 cm³/mol. The molecule has 0 saturated carbocycles. The summed E-state index contributed by atoms with van der Waals surface area (Å²) < 4.78 is 0. The minimum atomic E-state index is -0.382. The van der Waals surface area contributed by atoms with Crippen molar-refractivity contribution < 1.29 is 5.11 Å². The number of benzene rings is 1. The van der Waals surface area contributed by atoms with Crippen LogP contribution in [0.3, 0.4) is 0 Å². The van der Waals surface area contributed by atoms with Crippen molar-refractivity contribution in [1.82, 2.24) is 0 Å². The number of hydrogen-bond acceptors (Lipinski definition) is 1. The molecule has 0 heterocycles. The smallest absolute Gasteiger partial charge is 0.0793 e. The fraction of sp³-hybridized carbons (Fsp3) is 0.467. The Morgan fingerprint density at radius 1 is 1.19 bits per heavy atom. The third-order valence-corrected chi connectivity index (χ3v) is 3.04. The number of aliphatic hydroxyl groups is 1. The molecule has 1 heteroatoms. The molecule has 0 amide bonds. The quantitative estimate of drug-likeness (QED) is 0.603. The Hall–Kier alpha value is -1.26. The summed E-state index contributed by atoms with van der Waals surface area (Å²) in [6, 6.07) is 4.22. The van der Waals surface area contributed by atoms with Crippen LogP contribution in [0.25, 0.3) is 0 Å². The van der Waals surface area contributed by atoms with E-state index >= 15 is 0 Å². The Morgan fingerprint density at radius 2 is 1.81 bits per heavy atom. The van der Waals surface area contributed by atoms with E-state index in [1.807, 2.05) is 6.92 Å². The zero-order valence-electron chi connectivity index (χ0n) is 10.4. The SMILES string of the molecule is C#CCCCC(O)c1cc(C)c(C)cc1C. The molecule has 0 radical (unpaired) electrons. The van der Waals surface area contributed by atoms with Crippen LogP contribution in [0.1, 0.15) is 47.6 Å². The summed E-state index contributed by atoms with van der Waals surface area (Å²) >= 11 is 0. The van der Waals surface area contributed by atoms with Gasteiger partial charge >= 0.3 is 0 Å². The van der Waals surface area contributed by atoms with Crippen LogP contribution in [0, 0.1) is 33.1 Å². The first-order valence-electron chi connectivity index (χ1n) is 5.75. The van der Waals surface area contributed by atoms with Crippen molar-refractivity contribution in [1.29, 1.82) is 0 Å². The van der Waals surface area contributed by atoms with Crippen molar-refractivity contribution in [3.05, 3.63) is 34.4 Å². The largest absolute Gasteiger partial charge is 0.388 e. The lowest BCUT2D eigenvalue weighted by Crippen LogP contribution is -2.01. The number of rotatable bonds is 4. The number of terminal acetylenes is 1. The van der Waals surface area contributed by atoms with E-state index in [0.717, 1.165) is 30.4 Å². The van der Waals surface area contributed by atoms with Gasteiger partial charge < -0.3 is 5.11 Å². The minimum absolute atomic E-state index is 0.382. The van der Waals surface area contributed by atoms with Crippen LogP contribution in [0.4, 0.5) is 0 Å². The number of aliphatic hydroxyl groups excluding tert-OH is 1. The zero-order chi connectivity index (χ0) is 12.1. The topological polar surface area (TPSA) is 20.2 Å². The lowest BCUT2D eigenvalue weighted by atomic mass is 9.95. The van der Waals surface area contributed by atoms with Gasteiger partial charge in [-0.3, -0.25) is 0 Å². The fourth-order valence-electron chi connectivity index (χ4n) is 1.89. The summed E-state index contributed by atoms with van der Waals surface area (Å²) in [4.78, 5) is 0. The Labute approximate surface area is 98.5 Å². The predicted octanol–water partition coefficient (Wildman–Crippen LogP) is 3.45. The molecule has 1 aromatic rings. The molecule has 1 N–H and O–H groups in total. The molecule has 0 aliphatic heterocycles. The Bertz CT molecular complexity index is 399. The maximum Gasteiger partial charge on any atom is 0.0793 e. The van der Waals surface area contributed by atoms with Gasteiger partial charge in [0.1, 0.15) is 0 Å². The van der Waals surface area contributed by atoms with Crippen LogP contribution < -0.4 is 0 Å². The van der Waals surface area contributed by atoms with Crippen LogP contribution in [0.2, 0.25) is 0 Å². The summed E-state index contributed by atoms with van der Waals surface area (Å²) in [5, 5.41) is 10.1.